The topological polar surface area (TPSA) is 24.5 Å². The Morgan fingerprint density at radius 1 is 1.39 bits per heavy atom. The molecule has 4 heteroatoms. The molecule has 1 aliphatic rings. The summed E-state index contributed by atoms with van der Waals surface area (Å²) < 4.78 is 5.70. The van der Waals surface area contributed by atoms with E-state index in [4.69, 9.17) is 4.74 Å². The number of thioether (sulfide) groups is 1. The summed E-state index contributed by atoms with van der Waals surface area (Å²) >= 11 is 1.91. The second kappa shape index (κ2) is 7.79. The molecule has 0 aromatic heterocycles. The molecule has 1 fully saturated rings. The van der Waals surface area contributed by atoms with Crippen molar-refractivity contribution >= 4 is 11.8 Å². The van der Waals surface area contributed by atoms with E-state index >= 15 is 0 Å². The van der Waals surface area contributed by atoms with E-state index in [0.717, 1.165) is 38.5 Å². The molecule has 1 aliphatic heterocycles. The minimum atomic E-state index is 0.352. The van der Waals surface area contributed by atoms with Gasteiger partial charge in [0.15, 0.2) is 0 Å². The Balaban J connectivity index is 1.61. The average Bonchev–Trinajstić information content (AvgIpc) is 2.41. The largest absolute Gasteiger partial charge is 0.374 e. The van der Waals surface area contributed by atoms with Crippen molar-refractivity contribution < 1.29 is 4.74 Å². The van der Waals surface area contributed by atoms with Gasteiger partial charge in [-0.1, -0.05) is 18.2 Å². The highest BCUT2D eigenvalue weighted by molar-refractivity contribution is 7.99. The summed E-state index contributed by atoms with van der Waals surface area (Å²) in [5.41, 5.74) is 0. The van der Waals surface area contributed by atoms with Crippen LogP contribution in [-0.2, 0) is 4.74 Å². The Labute approximate surface area is 114 Å². The van der Waals surface area contributed by atoms with Crippen molar-refractivity contribution in [3.8, 4) is 0 Å². The van der Waals surface area contributed by atoms with Gasteiger partial charge in [0, 0.05) is 36.8 Å². The summed E-state index contributed by atoms with van der Waals surface area (Å²) in [4.78, 5) is 3.70. The van der Waals surface area contributed by atoms with Crippen molar-refractivity contribution in [3.05, 3.63) is 30.3 Å². The highest BCUT2D eigenvalue weighted by atomic mass is 32.2. The minimum Gasteiger partial charge on any atom is -0.374 e. The van der Waals surface area contributed by atoms with E-state index in [-0.39, 0.29) is 0 Å². The molecule has 0 amide bonds. The van der Waals surface area contributed by atoms with Gasteiger partial charge in [-0.25, -0.2) is 0 Å². The number of nitrogens with one attached hydrogen (secondary N) is 1. The molecule has 0 spiro atoms. The van der Waals surface area contributed by atoms with Crippen LogP contribution in [0.1, 0.15) is 0 Å². The standard InChI is InChI=1S/C14H22N2OS/c1-16(12-13-11-15-7-9-17-13)8-10-18-14-5-3-2-4-6-14/h2-6,13,15H,7-12H2,1H3. The molecule has 18 heavy (non-hydrogen) atoms. The third-order valence-electron chi connectivity index (χ3n) is 3.00. The predicted molar refractivity (Wildman–Crippen MR) is 77.3 cm³/mol. The first-order valence-electron chi connectivity index (χ1n) is 6.53. The molecule has 1 atom stereocenters. The first-order chi connectivity index (χ1) is 8.84. The lowest BCUT2D eigenvalue weighted by Gasteiger charge is -2.27. The predicted octanol–water partition coefficient (Wildman–Crippen LogP) is 1.70. The number of hydrogen-bond acceptors (Lipinski definition) is 4. The highest BCUT2D eigenvalue weighted by Crippen LogP contribution is 2.16. The molecule has 1 aromatic carbocycles. The van der Waals surface area contributed by atoms with Gasteiger partial charge in [-0.3, -0.25) is 0 Å². The van der Waals surface area contributed by atoms with Crippen LogP contribution in [0.15, 0.2) is 35.2 Å². The van der Waals surface area contributed by atoms with Crippen molar-refractivity contribution in [1.29, 1.82) is 0 Å². The minimum absolute atomic E-state index is 0.352. The molecule has 0 radical (unpaired) electrons. The molecule has 1 N–H and O–H groups in total. The Bertz CT molecular complexity index is 328. The van der Waals surface area contributed by atoms with Gasteiger partial charge in [-0.15, -0.1) is 11.8 Å². The van der Waals surface area contributed by atoms with Gasteiger partial charge < -0.3 is 15.0 Å². The van der Waals surface area contributed by atoms with E-state index in [1.54, 1.807) is 0 Å². The number of rotatable bonds is 6. The first kappa shape index (κ1) is 13.9. The van der Waals surface area contributed by atoms with Crippen LogP contribution in [0, 0.1) is 0 Å². The van der Waals surface area contributed by atoms with E-state index in [1.807, 2.05) is 11.8 Å². The van der Waals surface area contributed by atoms with Gasteiger partial charge in [0.1, 0.15) is 0 Å². The molecule has 3 nitrogen and oxygen atoms in total. The second-order valence-electron chi connectivity index (χ2n) is 4.62. The number of morpholine rings is 1. The zero-order valence-electron chi connectivity index (χ0n) is 11.0. The second-order valence-corrected chi connectivity index (χ2v) is 5.79. The van der Waals surface area contributed by atoms with Gasteiger partial charge >= 0.3 is 0 Å². The van der Waals surface area contributed by atoms with Crippen molar-refractivity contribution in [2.45, 2.75) is 11.0 Å². The van der Waals surface area contributed by atoms with E-state index in [9.17, 15) is 0 Å². The van der Waals surface area contributed by atoms with E-state index in [1.165, 1.54) is 4.90 Å². The van der Waals surface area contributed by atoms with Crippen LogP contribution in [0.25, 0.3) is 0 Å². The third-order valence-corrected chi connectivity index (χ3v) is 4.00. The lowest BCUT2D eigenvalue weighted by molar-refractivity contribution is 0.0110. The molecule has 100 valence electrons. The van der Waals surface area contributed by atoms with Gasteiger partial charge in [0.2, 0.25) is 0 Å². The van der Waals surface area contributed by atoms with Gasteiger partial charge in [-0.05, 0) is 19.2 Å². The van der Waals surface area contributed by atoms with Gasteiger partial charge in [0.05, 0.1) is 12.7 Å². The Morgan fingerprint density at radius 3 is 2.94 bits per heavy atom. The average molecular weight is 266 g/mol. The molecular weight excluding hydrogens is 244 g/mol. The van der Waals surface area contributed by atoms with E-state index < -0.39 is 0 Å². The Hall–Kier alpha value is -0.550. The summed E-state index contributed by atoms with van der Waals surface area (Å²) in [6, 6.07) is 10.6. The fraction of sp³-hybridized carbons (Fsp3) is 0.571. The van der Waals surface area contributed by atoms with Crippen molar-refractivity contribution in [2.24, 2.45) is 0 Å². The number of nitrogens with zero attached hydrogens (tertiary/aromatic N) is 1. The molecule has 2 rings (SSSR count). The molecule has 1 heterocycles. The maximum Gasteiger partial charge on any atom is 0.0826 e. The number of likely N-dealkylation sites (N-methyl/N-ethyl adjacent to an activating group) is 1. The molecule has 0 saturated carbocycles. The van der Waals surface area contributed by atoms with Crippen molar-refractivity contribution in [3.63, 3.8) is 0 Å². The van der Waals surface area contributed by atoms with Crippen molar-refractivity contribution in [2.75, 3.05) is 45.6 Å². The van der Waals surface area contributed by atoms with E-state index in [2.05, 4.69) is 47.6 Å². The summed E-state index contributed by atoms with van der Waals surface area (Å²) in [5.74, 6) is 1.13. The molecule has 0 aliphatic carbocycles. The van der Waals surface area contributed by atoms with Crippen LogP contribution in [-0.4, -0.2) is 56.6 Å². The summed E-state index contributed by atoms with van der Waals surface area (Å²) in [5, 5.41) is 3.37. The summed E-state index contributed by atoms with van der Waals surface area (Å²) in [6.07, 6.45) is 0.352. The molecule has 1 aromatic rings. The highest BCUT2D eigenvalue weighted by Gasteiger charge is 2.14. The molecule has 1 unspecified atom stereocenters. The maximum atomic E-state index is 5.70. The lowest BCUT2D eigenvalue weighted by atomic mass is 10.3. The quantitative estimate of drug-likeness (QED) is 0.792. The summed E-state index contributed by atoms with van der Waals surface area (Å²) in [7, 11) is 2.17. The Kier molecular flexibility index (Phi) is 6.00. The normalized spacial score (nSPS) is 20.2. The van der Waals surface area contributed by atoms with Gasteiger partial charge in [0.25, 0.3) is 0 Å². The lowest BCUT2D eigenvalue weighted by Crippen LogP contribution is -2.44. The van der Waals surface area contributed by atoms with E-state index in [0.29, 0.717) is 6.10 Å². The van der Waals surface area contributed by atoms with Crippen LogP contribution in [0.3, 0.4) is 0 Å². The number of ether oxygens (including phenoxy) is 1. The zero-order valence-corrected chi connectivity index (χ0v) is 11.8. The SMILES string of the molecule is CN(CCSc1ccccc1)CC1CNCCO1. The third kappa shape index (κ3) is 4.98. The van der Waals surface area contributed by atoms with Crippen molar-refractivity contribution in [1.82, 2.24) is 10.2 Å². The molecule has 1 saturated heterocycles. The van der Waals surface area contributed by atoms with Crippen LogP contribution >= 0.6 is 11.8 Å². The fourth-order valence-electron chi connectivity index (χ4n) is 2.01. The maximum absolute atomic E-state index is 5.70. The number of benzene rings is 1. The monoisotopic (exact) mass is 266 g/mol. The Morgan fingerprint density at radius 2 is 2.22 bits per heavy atom. The first-order valence-corrected chi connectivity index (χ1v) is 7.52. The van der Waals surface area contributed by atoms with Crippen LogP contribution in [0.2, 0.25) is 0 Å². The molecular formula is C14H22N2OS. The zero-order chi connectivity index (χ0) is 12.6. The van der Waals surface area contributed by atoms with Crippen LogP contribution in [0.4, 0.5) is 0 Å². The molecule has 0 bridgehead atoms. The smallest absolute Gasteiger partial charge is 0.0826 e. The fourth-order valence-corrected chi connectivity index (χ4v) is 3.00. The number of hydrogen-bond donors (Lipinski definition) is 1. The summed E-state index contributed by atoms with van der Waals surface area (Å²) in [6.45, 7) is 4.93. The van der Waals surface area contributed by atoms with Gasteiger partial charge in [-0.2, -0.15) is 0 Å². The van der Waals surface area contributed by atoms with Crippen LogP contribution in [0.5, 0.6) is 0 Å². The van der Waals surface area contributed by atoms with Crippen LogP contribution < -0.4 is 5.32 Å².